The molecule has 1 saturated heterocycles. The molecule has 0 aliphatic carbocycles. The highest BCUT2D eigenvalue weighted by atomic mass is 32.2. The number of piperidine rings is 1. The number of hydrogen-bond acceptors (Lipinski definition) is 5. The molecule has 1 fully saturated rings. The molecule has 0 spiro atoms. The average Bonchev–Trinajstić information content (AvgIpc) is 2.67. The Bertz CT molecular complexity index is 997. The number of primary sulfonamides is 1. The van der Waals surface area contributed by atoms with E-state index >= 15 is 0 Å². The third-order valence-electron chi connectivity index (χ3n) is 4.93. The van der Waals surface area contributed by atoms with E-state index in [9.17, 15) is 17.6 Å². The minimum absolute atomic E-state index is 0.107. The second-order valence-corrected chi connectivity index (χ2v) is 8.66. The van der Waals surface area contributed by atoms with Crippen molar-refractivity contribution in [1.82, 2.24) is 4.90 Å². The number of carbonyl (C=O) groups excluding carboxylic acids is 1. The van der Waals surface area contributed by atoms with Gasteiger partial charge in [0, 0.05) is 13.1 Å². The summed E-state index contributed by atoms with van der Waals surface area (Å²) in [6.45, 7) is 1.91. The van der Waals surface area contributed by atoms with Gasteiger partial charge >= 0.3 is 0 Å². The third kappa shape index (κ3) is 5.53. The van der Waals surface area contributed by atoms with Crippen molar-refractivity contribution in [3.8, 4) is 5.75 Å². The van der Waals surface area contributed by atoms with Gasteiger partial charge in [0.1, 0.15) is 11.6 Å². The van der Waals surface area contributed by atoms with Crippen LogP contribution in [0.1, 0.15) is 18.4 Å². The highest BCUT2D eigenvalue weighted by molar-refractivity contribution is 7.89. The SMILES string of the molecule is COc1ccc(S(N)(=O)=O)cc1NC(=O)C1CCCN(Cc2cccc(F)c2)C1. The van der Waals surface area contributed by atoms with E-state index in [1.165, 1.54) is 37.4 Å². The highest BCUT2D eigenvalue weighted by Gasteiger charge is 2.27. The number of nitrogens with two attached hydrogens (primary N) is 1. The van der Waals surface area contributed by atoms with Crippen molar-refractivity contribution in [2.24, 2.45) is 11.1 Å². The van der Waals surface area contributed by atoms with Crippen molar-refractivity contribution in [3.05, 3.63) is 53.8 Å². The van der Waals surface area contributed by atoms with Gasteiger partial charge in [-0.3, -0.25) is 9.69 Å². The van der Waals surface area contributed by atoms with Crippen LogP contribution in [-0.2, 0) is 21.4 Å². The molecule has 1 amide bonds. The number of rotatable bonds is 6. The fourth-order valence-electron chi connectivity index (χ4n) is 3.50. The number of carbonyl (C=O) groups is 1. The van der Waals surface area contributed by atoms with Crippen molar-refractivity contribution in [2.45, 2.75) is 24.3 Å². The summed E-state index contributed by atoms with van der Waals surface area (Å²) in [5.74, 6) is -0.437. The van der Waals surface area contributed by atoms with E-state index in [2.05, 4.69) is 10.2 Å². The molecule has 7 nitrogen and oxygen atoms in total. The van der Waals surface area contributed by atoms with Crippen molar-refractivity contribution in [3.63, 3.8) is 0 Å². The van der Waals surface area contributed by atoms with Gasteiger partial charge in [-0.25, -0.2) is 17.9 Å². The topological polar surface area (TPSA) is 102 Å². The van der Waals surface area contributed by atoms with Crippen LogP contribution in [0.15, 0.2) is 47.4 Å². The normalized spacial score (nSPS) is 17.7. The predicted molar refractivity (Wildman–Crippen MR) is 107 cm³/mol. The lowest BCUT2D eigenvalue weighted by Gasteiger charge is -2.32. The Morgan fingerprint density at radius 2 is 2.10 bits per heavy atom. The summed E-state index contributed by atoms with van der Waals surface area (Å²) in [6.07, 6.45) is 1.55. The number of amides is 1. The smallest absolute Gasteiger partial charge is 0.238 e. The summed E-state index contributed by atoms with van der Waals surface area (Å²) in [5.41, 5.74) is 1.11. The minimum Gasteiger partial charge on any atom is -0.495 e. The molecule has 1 heterocycles. The summed E-state index contributed by atoms with van der Waals surface area (Å²) in [4.78, 5) is 14.8. The second kappa shape index (κ2) is 8.89. The lowest BCUT2D eigenvalue weighted by atomic mass is 9.96. The number of hydrogen-bond donors (Lipinski definition) is 2. The number of sulfonamides is 1. The zero-order valence-corrected chi connectivity index (χ0v) is 16.9. The summed E-state index contributed by atoms with van der Waals surface area (Å²) < 4.78 is 41.8. The largest absolute Gasteiger partial charge is 0.495 e. The average molecular weight is 421 g/mol. The number of halogens is 1. The van der Waals surface area contributed by atoms with Crippen molar-refractivity contribution < 1.29 is 22.3 Å². The maximum atomic E-state index is 13.4. The summed E-state index contributed by atoms with van der Waals surface area (Å²) in [5, 5.41) is 7.94. The fraction of sp³-hybridized carbons (Fsp3) is 0.350. The number of nitrogens with zero attached hydrogens (tertiary/aromatic N) is 1. The first-order valence-electron chi connectivity index (χ1n) is 9.25. The van der Waals surface area contributed by atoms with Crippen LogP contribution in [0, 0.1) is 11.7 Å². The molecule has 3 N–H and O–H groups in total. The van der Waals surface area contributed by atoms with Crippen LogP contribution in [0.5, 0.6) is 5.75 Å². The van der Waals surface area contributed by atoms with E-state index in [4.69, 9.17) is 9.88 Å². The molecule has 0 aromatic heterocycles. The van der Waals surface area contributed by atoms with Gasteiger partial charge in [-0.15, -0.1) is 0 Å². The Balaban J connectivity index is 1.70. The van der Waals surface area contributed by atoms with Crippen LogP contribution in [0.2, 0.25) is 0 Å². The van der Waals surface area contributed by atoms with Gasteiger partial charge in [0.25, 0.3) is 0 Å². The van der Waals surface area contributed by atoms with Crippen LogP contribution < -0.4 is 15.2 Å². The Kier molecular flexibility index (Phi) is 6.51. The molecule has 156 valence electrons. The van der Waals surface area contributed by atoms with Gasteiger partial charge in [0.2, 0.25) is 15.9 Å². The number of nitrogens with one attached hydrogen (secondary N) is 1. The third-order valence-corrected chi connectivity index (χ3v) is 5.84. The Labute approximate surface area is 169 Å². The standard InChI is InChI=1S/C20H24FN3O4S/c1-28-19-8-7-17(29(22,26)27)11-18(19)23-20(25)15-5-3-9-24(13-15)12-14-4-2-6-16(21)10-14/h2,4,6-8,10-11,15H,3,5,9,12-13H2,1H3,(H,23,25)(H2,22,26,27). The molecular formula is C20H24FN3O4S. The molecule has 2 aromatic carbocycles. The van der Waals surface area contributed by atoms with E-state index < -0.39 is 10.0 Å². The van der Waals surface area contributed by atoms with Gasteiger partial charge in [-0.2, -0.15) is 0 Å². The van der Waals surface area contributed by atoms with Gasteiger partial charge < -0.3 is 10.1 Å². The first-order chi connectivity index (χ1) is 13.8. The van der Waals surface area contributed by atoms with Gasteiger partial charge in [0.05, 0.1) is 23.6 Å². The Hall–Kier alpha value is -2.49. The van der Waals surface area contributed by atoms with Crippen LogP contribution in [0.3, 0.4) is 0 Å². The van der Waals surface area contributed by atoms with E-state index in [1.807, 2.05) is 6.07 Å². The number of likely N-dealkylation sites (tertiary alicyclic amines) is 1. The van der Waals surface area contributed by atoms with Gasteiger partial charge in [0.15, 0.2) is 0 Å². The summed E-state index contributed by atoms with van der Waals surface area (Å²) >= 11 is 0. The Morgan fingerprint density at radius 1 is 1.31 bits per heavy atom. The quantitative estimate of drug-likeness (QED) is 0.745. The first-order valence-corrected chi connectivity index (χ1v) is 10.8. The van der Waals surface area contributed by atoms with Crippen LogP contribution in [-0.4, -0.2) is 39.4 Å². The fourth-order valence-corrected chi connectivity index (χ4v) is 4.04. The van der Waals surface area contributed by atoms with Crippen molar-refractivity contribution >= 4 is 21.6 Å². The lowest BCUT2D eigenvalue weighted by Crippen LogP contribution is -2.40. The van der Waals surface area contributed by atoms with E-state index in [-0.39, 0.29) is 28.2 Å². The number of methoxy groups -OCH3 is 1. The number of benzene rings is 2. The molecule has 0 bridgehead atoms. The van der Waals surface area contributed by atoms with Crippen LogP contribution >= 0.6 is 0 Å². The zero-order chi connectivity index (χ0) is 21.0. The van der Waals surface area contributed by atoms with E-state index in [0.29, 0.717) is 25.3 Å². The van der Waals surface area contributed by atoms with Crippen molar-refractivity contribution in [2.75, 3.05) is 25.5 Å². The molecule has 1 aliphatic rings. The lowest BCUT2D eigenvalue weighted by molar-refractivity contribution is -0.121. The summed E-state index contributed by atoms with van der Waals surface area (Å²) in [7, 11) is -2.47. The molecule has 1 aliphatic heterocycles. The molecule has 1 unspecified atom stereocenters. The summed E-state index contributed by atoms with van der Waals surface area (Å²) in [6, 6.07) is 10.5. The first kappa shape index (κ1) is 21.2. The maximum absolute atomic E-state index is 13.4. The molecule has 0 saturated carbocycles. The molecule has 0 radical (unpaired) electrons. The number of ether oxygens (including phenoxy) is 1. The molecule has 1 atom stereocenters. The van der Waals surface area contributed by atoms with Gasteiger partial charge in [-0.05, 0) is 55.3 Å². The van der Waals surface area contributed by atoms with E-state index in [1.54, 1.807) is 6.07 Å². The van der Waals surface area contributed by atoms with Crippen molar-refractivity contribution in [1.29, 1.82) is 0 Å². The second-order valence-electron chi connectivity index (χ2n) is 7.10. The molecular weight excluding hydrogens is 397 g/mol. The van der Waals surface area contributed by atoms with Gasteiger partial charge in [-0.1, -0.05) is 12.1 Å². The van der Waals surface area contributed by atoms with E-state index in [0.717, 1.165) is 18.5 Å². The Morgan fingerprint density at radius 3 is 2.79 bits per heavy atom. The molecule has 2 aromatic rings. The van der Waals surface area contributed by atoms with Crippen LogP contribution in [0.4, 0.5) is 10.1 Å². The highest BCUT2D eigenvalue weighted by Crippen LogP contribution is 2.29. The van der Waals surface area contributed by atoms with Crippen LogP contribution in [0.25, 0.3) is 0 Å². The zero-order valence-electron chi connectivity index (χ0n) is 16.1. The maximum Gasteiger partial charge on any atom is 0.238 e. The molecule has 3 rings (SSSR count). The minimum atomic E-state index is -3.90. The molecule has 29 heavy (non-hydrogen) atoms. The number of anilines is 1. The monoisotopic (exact) mass is 421 g/mol. The predicted octanol–water partition coefficient (Wildman–Crippen LogP) is 2.33. The molecule has 9 heteroatoms.